The summed E-state index contributed by atoms with van der Waals surface area (Å²) in [5, 5.41) is 0.980. The Kier molecular flexibility index (Phi) is 4.45. The number of aryl methyl sites for hydroxylation is 1. The summed E-state index contributed by atoms with van der Waals surface area (Å²) in [5.74, 6) is 0.00287. The lowest BCUT2D eigenvalue weighted by Gasteiger charge is -2.19. The summed E-state index contributed by atoms with van der Waals surface area (Å²) in [6.07, 6.45) is 2.67. The van der Waals surface area contributed by atoms with Crippen LogP contribution in [0.4, 0.5) is 5.69 Å². The van der Waals surface area contributed by atoms with Gasteiger partial charge in [0.2, 0.25) is 0 Å². The van der Waals surface area contributed by atoms with Gasteiger partial charge >= 0.3 is 0 Å². The molecule has 0 aliphatic rings. The van der Waals surface area contributed by atoms with Crippen molar-refractivity contribution >= 4 is 33.0 Å². The third kappa shape index (κ3) is 2.70. The molecule has 0 bridgehead atoms. The number of nitrogen functional groups attached to an aromatic ring is 1. The normalized spacial score (nSPS) is 10.7. The van der Waals surface area contributed by atoms with E-state index in [9.17, 15) is 4.79 Å². The quantitative estimate of drug-likeness (QED) is 0.850. The van der Waals surface area contributed by atoms with Crippen molar-refractivity contribution in [3.63, 3.8) is 0 Å². The minimum Gasteiger partial charge on any atom is -0.397 e. The number of carbonyl (C=O) groups is 1. The second kappa shape index (κ2) is 6.09. The van der Waals surface area contributed by atoms with Crippen LogP contribution in [0.1, 0.15) is 28.6 Å². The molecule has 0 saturated carbocycles. The van der Waals surface area contributed by atoms with E-state index in [0.717, 1.165) is 28.6 Å². The van der Waals surface area contributed by atoms with Gasteiger partial charge in [-0.2, -0.15) is 0 Å². The molecule has 1 heterocycles. The molecule has 0 unspecified atom stereocenters. The van der Waals surface area contributed by atoms with Gasteiger partial charge in [0, 0.05) is 23.2 Å². The second-order valence-electron chi connectivity index (χ2n) is 4.88. The van der Waals surface area contributed by atoms with Crippen LogP contribution in [0.25, 0.3) is 10.1 Å². The molecule has 1 amide bonds. The molecule has 0 spiro atoms. The molecular weight excluding hydrogens is 268 g/mol. The molecule has 0 aliphatic heterocycles. The number of thiophene rings is 1. The van der Waals surface area contributed by atoms with Crippen molar-refractivity contribution in [2.45, 2.75) is 20.3 Å². The van der Waals surface area contributed by atoms with Crippen molar-refractivity contribution in [3.8, 4) is 0 Å². The standard InChI is InChI=1S/C16H20N2OS/c1-4-8-18(9-5-2)16(19)15-14(17)12-10-11(3)6-7-13(12)20-15/h4,6-7,10H,1,5,8-9,17H2,2-3H3. The number of hydrogen-bond acceptors (Lipinski definition) is 3. The maximum Gasteiger partial charge on any atom is 0.266 e. The number of amides is 1. The number of nitrogens with two attached hydrogens (primary N) is 1. The molecule has 2 rings (SSSR count). The van der Waals surface area contributed by atoms with E-state index in [1.165, 1.54) is 11.3 Å². The summed E-state index contributed by atoms with van der Waals surface area (Å²) in [7, 11) is 0. The minimum absolute atomic E-state index is 0.00287. The Balaban J connectivity index is 2.43. The molecule has 20 heavy (non-hydrogen) atoms. The summed E-state index contributed by atoms with van der Waals surface area (Å²) < 4.78 is 1.06. The van der Waals surface area contributed by atoms with Gasteiger partial charge in [0.25, 0.3) is 5.91 Å². The Labute approximate surface area is 123 Å². The maximum atomic E-state index is 12.6. The third-order valence-corrected chi connectivity index (χ3v) is 4.38. The number of carbonyl (C=O) groups excluding carboxylic acids is 1. The summed E-state index contributed by atoms with van der Waals surface area (Å²) in [6, 6.07) is 6.11. The largest absolute Gasteiger partial charge is 0.397 e. The van der Waals surface area contributed by atoms with Gasteiger partial charge in [-0.15, -0.1) is 17.9 Å². The van der Waals surface area contributed by atoms with E-state index in [1.807, 2.05) is 25.1 Å². The molecule has 0 radical (unpaired) electrons. The fourth-order valence-corrected chi connectivity index (χ4v) is 3.31. The first kappa shape index (κ1) is 14.6. The second-order valence-corrected chi connectivity index (χ2v) is 5.94. The highest BCUT2D eigenvalue weighted by molar-refractivity contribution is 7.21. The van der Waals surface area contributed by atoms with Crippen molar-refractivity contribution in [3.05, 3.63) is 41.3 Å². The molecule has 0 atom stereocenters. The Bertz CT molecular complexity index is 645. The molecule has 106 valence electrons. The van der Waals surface area contributed by atoms with Crippen LogP contribution in [-0.4, -0.2) is 23.9 Å². The number of nitrogens with zero attached hydrogens (tertiary/aromatic N) is 1. The maximum absolute atomic E-state index is 12.6. The zero-order chi connectivity index (χ0) is 14.7. The fraction of sp³-hybridized carbons (Fsp3) is 0.312. The molecule has 1 aromatic carbocycles. The van der Waals surface area contributed by atoms with Crippen LogP contribution >= 0.6 is 11.3 Å². The van der Waals surface area contributed by atoms with E-state index in [4.69, 9.17) is 5.73 Å². The summed E-state index contributed by atoms with van der Waals surface area (Å²) in [5.41, 5.74) is 7.93. The Morgan fingerprint density at radius 2 is 2.25 bits per heavy atom. The molecule has 0 fully saturated rings. The predicted octanol–water partition coefficient (Wildman–Crippen LogP) is 3.83. The van der Waals surface area contributed by atoms with Crippen LogP contribution in [-0.2, 0) is 0 Å². The van der Waals surface area contributed by atoms with Crippen LogP contribution in [0.15, 0.2) is 30.9 Å². The lowest BCUT2D eigenvalue weighted by molar-refractivity contribution is 0.0780. The van der Waals surface area contributed by atoms with Gasteiger partial charge in [0.1, 0.15) is 4.88 Å². The highest BCUT2D eigenvalue weighted by Gasteiger charge is 2.20. The van der Waals surface area contributed by atoms with Gasteiger partial charge < -0.3 is 10.6 Å². The van der Waals surface area contributed by atoms with Crippen LogP contribution in [0.5, 0.6) is 0 Å². The van der Waals surface area contributed by atoms with E-state index >= 15 is 0 Å². The molecule has 4 heteroatoms. The zero-order valence-corrected chi connectivity index (χ0v) is 12.8. The van der Waals surface area contributed by atoms with Crippen molar-refractivity contribution < 1.29 is 4.79 Å². The Morgan fingerprint density at radius 3 is 2.90 bits per heavy atom. The first-order chi connectivity index (χ1) is 9.58. The minimum atomic E-state index is 0.00287. The predicted molar refractivity (Wildman–Crippen MR) is 87.4 cm³/mol. The lowest BCUT2D eigenvalue weighted by atomic mass is 10.1. The van der Waals surface area contributed by atoms with Gasteiger partial charge in [0.05, 0.1) is 5.69 Å². The smallest absolute Gasteiger partial charge is 0.266 e. The number of hydrogen-bond donors (Lipinski definition) is 1. The van der Waals surface area contributed by atoms with Gasteiger partial charge in [-0.25, -0.2) is 0 Å². The van der Waals surface area contributed by atoms with Gasteiger partial charge in [-0.3, -0.25) is 4.79 Å². The topological polar surface area (TPSA) is 46.3 Å². The fourth-order valence-electron chi connectivity index (χ4n) is 2.23. The molecule has 2 N–H and O–H groups in total. The van der Waals surface area contributed by atoms with Crippen molar-refractivity contribution in [1.29, 1.82) is 0 Å². The van der Waals surface area contributed by atoms with E-state index in [2.05, 4.69) is 13.5 Å². The number of anilines is 1. The van der Waals surface area contributed by atoms with E-state index in [1.54, 1.807) is 11.0 Å². The SMILES string of the molecule is C=CCN(CCC)C(=O)c1sc2ccc(C)cc2c1N. The van der Waals surface area contributed by atoms with Crippen LogP contribution < -0.4 is 5.73 Å². The Hall–Kier alpha value is -1.81. The van der Waals surface area contributed by atoms with Crippen molar-refractivity contribution in [1.82, 2.24) is 4.90 Å². The van der Waals surface area contributed by atoms with Crippen LogP contribution in [0, 0.1) is 6.92 Å². The molecule has 1 aromatic heterocycles. The molecule has 0 saturated heterocycles. The van der Waals surface area contributed by atoms with Gasteiger partial charge in [0.15, 0.2) is 0 Å². The van der Waals surface area contributed by atoms with E-state index < -0.39 is 0 Å². The molecular formula is C16H20N2OS. The van der Waals surface area contributed by atoms with Gasteiger partial charge in [-0.05, 0) is 25.5 Å². The van der Waals surface area contributed by atoms with E-state index in [0.29, 0.717) is 17.1 Å². The van der Waals surface area contributed by atoms with Crippen molar-refractivity contribution in [2.75, 3.05) is 18.8 Å². The lowest BCUT2D eigenvalue weighted by Crippen LogP contribution is -2.31. The monoisotopic (exact) mass is 288 g/mol. The third-order valence-electron chi connectivity index (χ3n) is 3.21. The highest BCUT2D eigenvalue weighted by atomic mass is 32.1. The van der Waals surface area contributed by atoms with Crippen LogP contribution in [0.3, 0.4) is 0 Å². The highest BCUT2D eigenvalue weighted by Crippen LogP contribution is 2.35. The average Bonchev–Trinajstić information content (AvgIpc) is 2.75. The number of benzene rings is 1. The molecule has 0 aliphatic carbocycles. The number of rotatable bonds is 5. The summed E-state index contributed by atoms with van der Waals surface area (Å²) in [6.45, 7) is 9.07. The zero-order valence-electron chi connectivity index (χ0n) is 12.0. The first-order valence-electron chi connectivity index (χ1n) is 6.77. The summed E-state index contributed by atoms with van der Waals surface area (Å²) in [4.78, 5) is 15.0. The van der Waals surface area contributed by atoms with E-state index in [-0.39, 0.29) is 5.91 Å². The Morgan fingerprint density at radius 1 is 1.50 bits per heavy atom. The summed E-state index contributed by atoms with van der Waals surface area (Å²) >= 11 is 1.47. The average molecular weight is 288 g/mol. The molecule has 2 aromatic rings. The molecule has 3 nitrogen and oxygen atoms in total. The van der Waals surface area contributed by atoms with Crippen molar-refractivity contribution in [2.24, 2.45) is 0 Å². The van der Waals surface area contributed by atoms with Crippen LogP contribution in [0.2, 0.25) is 0 Å². The first-order valence-corrected chi connectivity index (χ1v) is 7.59. The van der Waals surface area contributed by atoms with Gasteiger partial charge in [-0.1, -0.05) is 24.6 Å². The number of fused-ring (bicyclic) bond motifs is 1.